The molecule has 1 rings (SSSR count). The standard InChI is InChI=1S/C11H15NO4/c1-7-5-8(9(13)14)12(6-7)10(15)16-11(2,3)4/h5-6H,1-4H3,(H,13,14). The second-order valence-electron chi connectivity index (χ2n) is 4.56. The second kappa shape index (κ2) is 4.00. The van der Waals surface area contributed by atoms with Crippen LogP contribution in [0.5, 0.6) is 0 Å². The van der Waals surface area contributed by atoms with Crippen molar-refractivity contribution in [3.8, 4) is 0 Å². The van der Waals surface area contributed by atoms with Gasteiger partial charge >= 0.3 is 12.1 Å². The number of carbonyl (C=O) groups excluding carboxylic acids is 1. The predicted molar refractivity (Wildman–Crippen MR) is 57.8 cm³/mol. The lowest BCUT2D eigenvalue weighted by atomic mass is 10.2. The number of hydrogen-bond acceptors (Lipinski definition) is 3. The molecule has 0 fully saturated rings. The average Bonchev–Trinajstić information content (AvgIpc) is 2.44. The van der Waals surface area contributed by atoms with Gasteiger partial charge in [-0.3, -0.25) is 0 Å². The van der Waals surface area contributed by atoms with E-state index in [1.807, 2.05) is 0 Å². The van der Waals surface area contributed by atoms with Gasteiger partial charge in [-0.15, -0.1) is 0 Å². The Kier molecular flexibility index (Phi) is 3.07. The fraction of sp³-hybridized carbons (Fsp3) is 0.455. The van der Waals surface area contributed by atoms with Crippen molar-refractivity contribution in [3.63, 3.8) is 0 Å². The van der Waals surface area contributed by atoms with Gasteiger partial charge in [0.15, 0.2) is 0 Å². The largest absolute Gasteiger partial charge is 0.477 e. The van der Waals surface area contributed by atoms with Gasteiger partial charge in [0.25, 0.3) is 0 Å². The third-order valence-electron chi connectivity index (χ3n) is 1.77. The third kappa shape index (κ3) is 2.85. The van der Waals surface area contributed by atoms with Crippen LogP contribution in [0.2, 0.25) is 0 Å². The van der Waals surface area contributed by atoms with E-state index in [4.69, 9.17) is 9.84 Å². The van der Waals surface area contributed by atoms with Gasteiger partial charge in [-0.2, -0.15) is 0 Å². The summed E-state index contributed by atoms with van der Waals surface area (Å²) in [5, 5.41) is 8.90. The maximum Gasteiger partial charge on any atom is 0.419 e. The zero-order valence-corrected chi connectivity index (χ0v) is 9.77. The van der Waals surface area contributed by atoms with Crippen molar-refractivity contribution in [1.29, 1.82) is 0 Å². The molecular formula is C11H15NO4. The maximum absolute atomic E-state index is 11.7. The van der Waals surface area contributed by atoms with E-state index >= 15 is 0 Å². The topological polar surface area (TPSA) is 68.5 Å². The Morgan fingerprint density at radius 3 is 2.38 bits per heavy atom. The quantitative estimate of drug-likeness (QED) is 0.796. The number of aryl methyl sites for hydroxylation is 1. The summed E-state index contributed by atoms with van der Waals surface area (Å²) in [6.07, 6.45) is 0.760. The number of carbonyl (C=O) groups is 2. The van der Waals surface area contributed by atoms with Crippen molar-refractivity contribution >= 4 is 12.1 Å². The number of hydrogen-bond donors (Lipinski definition) is 1. The van der Waals surface area contributed by atoms with Gasteiger partial charge in [-0.25, -0.2) is 14.2 Å². The number of carboxylic acids is 1. The lowest BCUT2D eigenvalue weighted by Gasteiger charge is -2.19. The van der Waals surface area contributed by atoms with Crippen molar-refractivity contribution in [2.45, 2.75) is 33.3 Å². The summed E-state index contributed by atoms with van der Waals surface area (Å²) >= 11 is 0. The van der Waals surface area contributed by atoms with Gasteiger partial charge in [0.1, 0.15) is 11.3 Å². The van der Waals surface area contributed by atoms with Crippen molar-refractivity contribution in [3.05, 3.63) is 23.5 Å². The predicted octanol–water partition coefficient (Wildman–Crippen LogP) is 2.28. The van der Waals surface area contributed by atoms with Gasteiger partial charge in [0, 0.05) is 6.20 Å². The molecule has 1 heterocycles. The van der Waals surface area contributed by atoms with Crippen LogP contribution < -0.4 is 0 Å². The second-order valence-corrected chi connectivity index (χ2v) is 4.56. The van der Waals surface area contributed by atoms with E-state index in [0.29, 0.717) is 5.56 Å². The number of rotatable bonds is 1. The Bertz CT molecular complexity index is 426. The smallest absolute Gasteiger partial charge is 0.419 e. The highest BCUT2D eigenvalue weighted by atomic mass is 16.6. The molecule has 0 saturated heterocycles. The lowest BCUT2D eigenvalue weighted by molar-refractivity contribution is 0.0505. The van der Waals surface area contributed by atoms with E-state index in [-0.39, 0.29) is 5.69 Å². The molecule has 0 bridgehead atoms. The van der Waals surface area contributed by atoms with Crippen LogP contribution in [0, 0.1) is 6.92 Å². The monoisotopic (exact) mass is 225 g/mol. The Balaban J connectivity index is 3.04. The van der Waals surface area contributed by atoms with Crippen molar-refractivity contribution < 1.29 is 19.4 Å². The zero-order valence-electron chi connectivity index (χ0n) is 9.77. The number of carboxylic acid groups (broad SMARTS) is 1. The highest BCUT2D eigenvalue weighted by Crippen LogP contribution is 2.13. The number of aromatic carboxylic acids is 1. The first-order valence-electron chi connectivity index (χ1n) is 4.86. The summed E-state index contributed by atoms with van der Waals surface area (Å²) in [5.41, 5.74) is -0.0413. The molecule has 0 saturated carbocycles. The summed E-state index contributed by atoms with van der Waals surface area (Å²) in [7, 11) is 0. The number of ether oxygens (including phenoxy) is 1. The van der Waals surface area contributed by atoms with E-state index in [1.54, 1.807) is 27.7 Å². The molecule has 0 atom stereocenters. The molecule has 1 N–H and O–H groups in total. The van der Waals surface area contributed by atoms with Crippen LogP contribution in [-0.2, 0) is 4.74 Å². The molecule has 0 amide bonds. The molecule has 0 aliphatic heterocycles. The minimum absolute atomic E-state index is 0.0910. The first-order valence-corrected chi connectivity index (χ1v) is 4.86. The molecule has 5 nitrogen and oxygen atoms in total. The van der Waals surface area contributed by atoms with E-state index < -0.39 is 17.7 Å². The molecule has 0 aromatic carbocycles. The highest BCUT2D eigenvalue weighted by Gasteiger charge is 2.22. The Labute approximate surface area is 93.6 Å². The maximum atomic E-state index is 11.7. The molecule has 1 aromatic rings. The Morgan fingerprint density at radius 1 is 1.38 bits per heavy atom. The molecular weight excluding hydrogens is 210 g/mol. The van der Waals surface area contributed by atoms with E-state index in [1.165, 1.54) is 12.3 Å². The van der Waals surface area contributed by atoms with Crippen molar-refractivity contribution in [1.82, 2.24) is 4.57 Å². The highest BCUT2D eigenvalue weighted by molar-refractivity contribution is 5.91. The minimum atomic E-state index is -1.15. The summed E-state index contributed by atoms with van der Waals surface area (Å²) in [4.78, 5) is 22.6. The molecule has 0 aliphatic carbocycles. The third-order valence-corrected chi connectivity index (χ3v) is 1.77. The first-order chi connectivity index (χ1) is 7.20. The molecule has 0 radical (unpaired) electrons. The number of nitrogens with zero attached hydrogens (tertiary/aromatic N) is 1. The van der Waals surface area contributed by atoms with Crippen LogP contribution in [0.15, 0.2) is 12.3 Å². The fourth-order valence-corrected chi connectivity index (χ4v) is 1.22. The normalized spacial score (nSPS) is 11.2. The molecule has 1 aromatic heterocycles. The van der Waals surface area contributed by atoms with Gasteiger partial charge in [0.05, 0.1) is 0 Å². The summed E-state index contributed by atoms with van der Waals surface area (Å²) < 4.78 is 6.09. The molecule has 88 valence electrons. The summed E-state index contributed by atoms with van der Waals surface area (Å²) in [5.74, 6) is -1.15. The van der Waals surface area contributed by atoms with Crippen LogP contribution >= 0.6 is 0 Å². The van der Waals surface area contributed by atoms with E-state index in [9.17, 15) is 9.59 Å². The van der Waals surface area contributed by atoms with Crippen molar-refractivity contribution in [2.75, 3.05) is 0 Å². The lowest BCUT2D eigenvalue weighted by Crippen LogP contribution is -2.28. The van der Waals surface area contributed by atoms with E-state index in [0.717, 1.165) is 4.57 Å². The molecule has 16 heavy (non-hydrogen) atoms. The minimum Gasteiger partial charge on any atom is -0.477 e. The van der Waals surface area contributed by atoms with Crippen LogP contribution in [0.25, 0.3) is 0 Å². The van der Waals surface area contributed by atoms with Gasteiger partial charge < -0.3 is 9.84 Å². The van der Waals surface area contributed by atoms with Crippen LogP contribution in [-0.4, -0.2) is 27.3 Å². The summed E-state index contributed by atoms with van der Waals surface area (Å²) in [6.45, 7) is 6.89. The fourth-order valence-electron chi connectivity index (χ4n) is 1.22. The zero-order chi connectivity index (χ0) is 12.5. The summed E-state index contributed by atoms with van der Waals surface area (Å²) in [6, 6.07) is 1.42. The van der Waals surface area contributed by atoms with Crippen molar-refractivity contribution in [2.24, 2.45) is 0 Å². The molecule has 5 heteroatoms. The SMILES string of the molecule is Cc1cc(C(=O)O)n(C(=O)OC(C)(C)C)c1. The van der Waals surface area contributed by atoms with Gasteiger partial charge in [-0.1, -0.05) is 0 Å². The van der Waals surface area contributed by atoms with E-state index in [2.05, 4.69) is 0 Å². The average molecular weight is 225 g/mol. The molecule has 0 unspecified atom stereocenters. The van der Waals surface area contributed by atoms with Crippen LogP contribution in [0.4, 0.5) is 4.79 Å². The van der Waals surface area contributed by atoms with Crippen LogP contribution in [0.1, 0.15) is 36.8 Å². The number of aromatic nitrogens is 1. The molecule has 0 spiro atoms. The Morgan fingerprint density at radius 2 is 1.94 bits per heavy atom. The van der Waals surface area contributed by atoms with Gasteiger partial charge in [0.2, 0.25) is 0 Å². The van der Waals surface area contributed by atoms with Crippen LogP contribution in [0.3, 0.4) is 0 Å². The van der Waals surface area contributed by atoms with Gasteiger partial charge in [-0.05, 0) is 39.3 Å². The molecule has 0 aliphatic rings. The first kappa shape index (κ1) is 12.3. The Hall–Kier alpha value is -1.78.